The van der Waals surface area contributed by atoms with Gasteiger partial charge in [0.25, 0.3) is 0 Å². The number of nitrogens with two attached hydrogens (primary N) is 1. The summed E-state index contributed by atoms with van der Waals surface area (Å²) in [6.07, 6.45) is 5.24. The monoisotopic (exact) mass is 345 g/mol. The molecule has 7 heteroatoms. The van der Waals surface area contributed by atoms with Crippen LogP contribution in [0.3, 0.4) is 0 Å². The minimum atomic E-state index is 0.528. The lowest BCUT2D eigenvalue weighted by Gasteiger charge is -2.08. The highest BCUT2D eigenvalue weighted by Crippen LogP contribution is 2.34. The molecule has 0 saturated heterocycles. The molecule has 2 N–H and O–H groups in total. The van der Waals surface area contributed by atoms with Crippen LogP contribution in [0.4, 0.5) is 5.82 Å². The van der Waals surface area contributed by atoms with Crippen molar-refractivity contribution in [3.8, 4) is 16.9 Å². The van der Waals surface area contributed by atoms with Crippen LogP contribution in [0, 0.1) is 13.8 Å². The zero-order valence-corrected chi connectivity index (χ0v) is 14.6. The van der Waals surface area contributed by atoms with Gasteiger partial charge >= 0.3 is 0 Å². The first-order valence-corrected chi connectivity index (χ1v) is 8.59. The van der Waals surface area contributed by atoms with Crippen molar-refractivity contribution in [2.24, 2.45) is 0 Å². The molecule has 0 amide bonds. The number of anilines is 1. The molecule has 0 aliphatic heterocycles. The van der Waals surface area contributed by atoms with E-state index in [1.165, 1.54) is 11.8 Å². The van der Waals surface area contributed by atoms with Gasteiger partial charge in [-0.1, -0.05) is 17.7 Å². The molecule has 0 saturated carbocycles. The molecule has 3 aromatic rings. The number of hydrogen-bond donors (Lipinski definition) is 1. The molecule has 0 unspecified atom stereocenters. The molecular weight excluding hydrogens is 330 g/mol. The lowest BCUT2D eigenvalue weighted by Crippen LogP contribution is -2.06. The molecular formula is C16H16ClN5S. The Morgan fingerprint density at radius 2 is 1.87 bits per heavy atom. The fourth-order valence-electron chi connectivity index (χ4n) is 2.55. The first-order chi connectivity index (χ1) is 11.0. The van der Waals surface area contributed by atoms with E-state index in [4.69, 9.17) is 17.3 Å². The third kappa shape index (κ3) is 2.92. The second-order valence-corrected chi connectivity index (χ2v) is 6.40. The zero-order chi connectivity index (χ0) is 16.6. The molecule has 2 aromatic heterocycles. The van der Waals surface area contributed by atoms with Crippen molar-refractivity contribution in [1.29, 1.82) is 0 Å². The maximum Gasteiger partial charge on any atom is 0.188 e. The van der Waals surface area contributed by atoms with Crippen molar-refractivity contribution >= 4 is 29.2 Å². The van der Waals surface area contributed by atoms with Crippen LogP contribution in [0.15, 0.2) is 35.6 Å². The topological polar surface area (TPSA) is 69.6 Å². The lowest BCUT2D eigenvalue weighted by atomic mass is 10.0. The van der Waals surface area contributed by atoms with Crippen LogP contribution < -0.4 is 5.73 Å². The summed E-state index contributed by atoms with van der Waals surface area (Å²) in [7, 11) is 0. The standard InChI is InChI=1S/C16H16ClN5S/c1-9-6-11(8-12(17)7-9)13-10(2)21-22(14(13)18)15-16(23-3)20-5-4-19-15/h4-8H,18H2,1-3H3. The maximum absolute atomic E-state index is 6.37. The molecule has 0 radical (unpaired) electrons. The van der Waals surface area contributed by atoms with Crippen molar-refractivity contribution in [2.75, 3.05) is 12.0 Å². The largest absolute Gasteiger partial charge is 0.383 e. The average molecular weight is 346 g/mol. The van der Waals surface area contributed by atoms with E-state index in [0.29, 0.717) is 16.7 Å². The quantitative estimate of drug-likeness (QED) is 0.729. The SMILES string of the molecule is CSc1nccnc1-n1nc(C)c(-c2cc(C)cc(Cl)c2)c1N. The van der Waals surface area contributed by atoms with Gasteiger partial charge in [-0.2, -0.15) is 9.78 Å². The van der Waals surface area contributed by atoms with Crippen molar-refractivity contribution < 1.29 is 0 Å². The molecule has 118 valence electrons. The highest BCUT2D eigenvalue weighted by molar-refractivity contribution is 7.98. The van der Waals surface area contributed by atoms with Gasteiger partial charge in [-0.25, -0.2) is 9.97 Å². The summed E-state index contributed by atoms with van der Waals surface area (Å²) in [5.41, 5.74) is 10.1. The van der Waals surface area contributed by atoms with Gasteiger partial charge in [0, 0.05) is 23.0 Å². The van der Waals surface area contributed by atoms with E-state index >= 15 is 0 Å². The molecule has 0 spiro atoms. The second-order valence-electron chi connectivity index (χ2n) is 5.16. The molecule has 0 atom stereocenters. The minimum absolute atomic E-state index is 0.528. The molecule has 0 fully saturated rings. The Morgan fingerprint density at radius 1 is 1.13 bits per heavy atom. The van der Waals surface area contributed by atoms with Crippen molar-refractivity contribution in [1.82, 2.24) is 19.7 Å². The minimum Gasteiger partial charge on any atom is -0.383 e. The molecule has 23 heavy (non-hydrogen) atoms. The highest BCUT2D eigenvalue weighted by atomic mass is 35.5. The van der Waals surface area contributed by atoms with Crippen LogP contribution in [0.2, 0.25) is 5.02 Å². The van der Waals surface area contributed by atoms with Gasteiger partial charge in [0.15, 0.2) is 5.82 Å². The molecule has 0 bridgehead atoms. The number of halogens is 1. The van der Waals surface area contributed by atoms with E-state index in [2.05, 4.69) is 15.1 Å². The smallest absolute Gasteiger partial charge is 0.188 e. The van der Waals surface area contributed by atoms with E-state index in [0.717, 1.165) is 27.4 Å². The van der Waals surface area contributed by atoms with Gasteiger partial charge in [0.05, 0.1) is 5.69 Å². The van der Waals surface area contributed by atoms with E-state index in [-0.39, 0.29) is 0 Å². The summed E-state index contributed by atoms with van der Waals surface area (Å²) >= 11 is 7.69. The van der Waals surface area contributed by atoms with Crippen LogP contribution in [0.1, 0.15) is 11.3 Å². The number of aromatic nitrogens is 4. The molecule has 0 aliphatic carbocycles. The summed E-state index contributed by atoms with van der Waals surface area (Å²) in [5.74, 6) is 1.16. The summed E-state index contributed by atoms with van der Waals surface area (Å²) < 4.78 is 1.64. The number of aryl methyl sites for hydroxylation is 2. The van der Waals surface area contributed by atoms with Gasteiger partial charge in [-0.3, -0.25) is 0 Å². The van der Waals surface area contributed by atoms with Gasteiger partial charge in [0.1, 0.15) is 10.8 Å². The van der Waals surface area contributed by atoms with Crippen LogP contribution >= 0.6 is 23.4 Å². The Labute approximate surface area is 143 Å². The summed E-state index contributed by atoms with van der Waals surface area (Å²) in [4.78, 5) is 8.69. The van der Waals surface area contributed by atoms with Crippen LogP contribution in [0.5, 0.6) is 0 Å². The van der Waals surface area contributed by atoms with Gasteiger partial charge in [-0.05, 0) is 43.4 Å². The molecule has 1 aromatic carbocycles. The molecule has 2 heterocycles. The fraction of sp³-hybridized carbons (Fsp3) is 0.188. The van der Waals surface area contributed by atoms with Crippen LogP contribution in [0.25, 0.3) is 16.9 Å². The first-order valence-electron chi connectivity index (χ1n) is 6.99. The Bertz CT molecular complexity index is 855. The van der Waals surface area contributed by atoms with Crippen LogP contribution in [-0.4, -0.2) is 26.0 Å². The Hall–Kier alpha value is -2.05. The number of nitrogen functional groups attached to an aromatic ring is 1. The summed E-state index contributed by atoms with van der Waals surface area (Å²) in [6.45, 7) is 3.92. The van der Waals surface area contributed by atoms with Crippen LogP contribution in [-0.2, 0) is 0 Å². The zero-order valence-electron chi connectivity index (χ0n) is 13.0. The van der Waals surface area contributed by atoms with E-state index in [9.17, 15) is 0 Å². The molecule has 0 aliphatic rings. The second kappa shape index (κ2) is 6.22. The average Bonchev–Trinajstić information content (AvgIpc) is 2.81. The summed E-state index contributed by atoms with van der Waals surface area (Å²) in [5, 5.41) is 6.01. The Balaban J connectivity index is 2.21. The maximum atomic E-state index is 6.37. The van der Waals surface area contributed by atoms with Crippen molar-refractivity contribution in [3.05, 3.63) is 46.9 Å². The van der Waals surface area contributed by atoms with E-state index < -0.39 is 0 Å². The fourth-order valence-corrected chi connectivity index (χ4v) is 3.33. The van der Waals surface area contributed by atoms with Crippen molar-refractivity contribution in [3.63, 3.8) is 0 Å². The number of hydrogen-bond acceptors (Lipinski definition) is 5. The van der Waals surface area contributed by atoms with Gasteiger partial charge < -0.3 is 5.73 Å². The van der Waals surface area contributed by atoms with Gasteiger partial charge in [0.2, 0.25) is 0 Å². The Kier molecular flexibility index (Phi) is 4.28. The summed E-state index contributed by atoms with van der Waals surface area (Å²) in [6, 6.07) is 5.85. The number of nitrogens with zero attached hydrogens (tertiary/aromatic N) is 4. The predicted molar refractivity (Wildman–Crippen MR) is 95.3 cm³/mol. The lowest BCUT2D eigenvalue weighted by molar-refractivity contribution is 0.801. The van der Waals surface area contributed by atoms with Gasteiger partial charge in [-0.15, -0.1) is 11.8 Å². The van der Waals surface area contributed by atoms with E-state index in [1.807, 2.05) is 38.3 Å². The molecule has 3 rings (SSSR count). The third-order valence-corrected chi connectivity index (χ3v) is 4.36. The predicted octanol–water partition coefficient (Wildman–Crippen LogP) is 3.90. The number of thioether (sulfide) groups is 1. The van der Waals surface area contributed by atoms with Crippen molar-refractivity contribution in [2.45, 2.75) is 18.9 Å². The third-order valence-electron chi connectivity index (χ3n) is 3.47. The molecule has 5 nitrogen and oxygen atoms in total. The number of benzene rings is 1. The highest BCUT2D eigenvalue weighted by Gasteiger charge is 2.19. The van der Waals surface area contributed by atoms with E-state index in [1.54, 1.807) is 17.1 Å². The normalized spacial score (nSPS) is 11.0. The Morgan fingerprint density at radius 3 is 2.57 bits per heavy atom. The number of rotatable bonds is 3. The first kappa shape index (κ1) is 15.8.